The third kappa shape index (κ3) is 5.49. The van der Waals surface area contributed by atoms with E-state index in [1.807, 2.05) is 13.0 Å². The Hall–Kier alpha value is -2.56. The molecular formula is C25H26ClN4O4S-. The molecule has 0 saturated carbocycles. The first-order chi connectivity index (χ1) is 17.0. The molecule has 3 unspecified atom stereocenters. The van der Waals surface area contributed by atoms with Crippen molar-refractivity contribution in [3.8, 4) is 5.88 Å². The summed E-state index contributed by atoms with van der Waals surface area (Å²) in [4.78, 5) is 11.4. The van der Waals surface area contributed by atoms with Crippen LogP contribution in [-0.4, -0.2) is 55.0 Å². The van der Waals surface area contributed by atoms with E-state index in [4.69, 9.17) is 21.1 Å². The van der Waals surface area contributed by atoms with Gasteiger partial charge in [0, 0.05) is 36.4 Å². The van der Waals surface area contributed by atoms with Crippen LogP contribution in [0.25, 0.3) is 0 Å². The van der Waals surface area contributed by atoms with Crippen molar-refractivity contribution in [2.24, 2.45) is 0 Å². The van der Waals surface area contributed by atoms with Gasteiger partial charge in [-0.05, 0) is 41.8 Å². The number of anilines is 2. The molecule has 184 valence electrons. The molecule has 0 amide bonds. The molecule has 3 aromatic rings. The standard InChI is InChI=1S/C25H27ClN4O4S/c1-16-24(29-23-8-7-21(35(31)32)11-22(23)26)27-15-28-25(16)34-20-9-18-13-33-14-19(10-20)30(18)12-17-5-3-2-4-6-17/h2-8,11,15,18-20H,9-10,12-14H2,1H3,(H,31,32)(H,27,28,29)/p-1. The summed E-state index contributed by atoms with van der Waals surface area (Å²) in [5.74, 6) is 1.08. The number of halogens is 1. The molecule has 2 aliphatic heterocycles. The second-order valence-electron chi connectivity index (χ2n) is 8.87. The normalized spacial score (nSPS) is 23.0. The topological polar surface area (TPSA) is 99.6 Å². The molecule has 0 radical (unpaired) electrons. The second-order valence-corrected chi connectivity index (χ2v) is 10.2. The van der Waals surface area contributed by atoms with Crippen LogP contribution in [-0.2, 0) is 22.4 Å². The lowest BCUT2D eigenvalue weighted by atomic mass is 9.91. The van der Waals surface area contributed by atoms with Gasteiger partial charge in [0.2, 0.25) is 5.88 Å². The first kappa shape index (κ1) is 24.1. The Morgan fingerprint density at radius 2 is 1.91 bits per heavy atom. The highest BCUT2D eigenvalue weighted by atomic mass is 35.5. The minimum atomic E-state index is -2.34. The quantitative estimate of drug-likeness (QED) is 0.468. The summed E-state index contributed by atoms with van der Waals surface area (Å²) in [5, 5.41) is 3.45. The van der Waals surface area contributed by atoms with Crippen LogP contribution in [0.1, 0.15) is 24.0 Å². The van der Waals surface area contributed by atoms with E-state index in [0.717, 1.165) is 24.9 Å². The van der Waals surface area contributed by atoms with Gasteiger partial charge >= 0.3 is 0 Å². The highest BCUT2D eigenvalue weighted by molar-refractivity contribution is 7.79. The Kier molecular flexibility index (Phi) is 7.31. The van der Waals surface area contributed by atoms with Crippen molar-refractivity contribution >= 4 is 34.2 Å². The van der Waals surface area contributed by atoms with E-state index in [2.05, 4.69) is 44.5 Å². The monoisotopic (exact) mass is 513 g/mol. The predicted molar refractivity (Wildman–Crippen MR) is 133 cm³/mol. The van der Waals surface area contributed by atoms with Crippen LogP contribution in [0, 0.1) is 6.92 Å². The lowest BCUT2D eigenvalue weighted by molar-refractivity contribution is -0.104. The van der Waals surface area contributed by atoms with Crippen LogP contribution in [0.5, 0.6) is 5.88 Å². The maximum Gasteiger partial charge on any atom is 0.221 e. The van der Waals surface area contributed by atoms with Crippen LogP contribution in [0.3, 0.4) is 0 Å². The summed E-state index contributed by atoms with van der Waals surface area (Å²) in [5.41, 5.74) is 2.61. The lowest BCUT2D eigenvalue weighted by Gasteiger charge is -2.48. The van der Waals surface area contributed by atoms with Gasteiger partial charge in [0.05, 0.1) is 29.5 Å². The fourth-order valence-corrected chi connectivity index (χ4v) is 5.44. The zero-order chi connectivity index (χ0) is 24.4. The van der Waals surface area contributed by atoms with E-state index in [0.29, 0.717) is 30.6 Å². The van der Waals surface area contributed by atoms with Gasteiger partial charge in [-0.15, -0.1) is 0 Å². The molecule has 2 aromatic carbocycles. The number of fused-ring (bicyclic) bond motifs is 2. The van der Waals surface area contributed by atoms with Gasteiger partial charge < -0.3 is 19.3 Å². The summed E-state index contributed by atoms with van der Waals surface area (Å²) in [6.45, 7) is 4.19. The molecule has 3 atom stereocenters. The van der Waals surface area contributed by atoms with Crippen molar-refractivity contribution in [3.05, 3.63) is 71.0 Å². The number of morpholine rings is 1. The number of benzene rings is 2. The van der Waals surface area contributed by atoms with E-state index in [1.165, 1.54) is 24.0 Å². The average Bonchev–Trinajstić information content (AvgIpc) is 2.84. The van der Waals surface area contributed by atoms with Gasteiger partial charge in [-0.25, -0.2) is 9.97 Å². The summed E-state index contributed by atoms with van der Waals surface area (Å²) in [6.07, 6.45) is 3.19. The van der Waals surface area contributed by atoms with Crippen LogP contribution in [0.4, 0.5) is 11.5 Å². The Morgan fingerprint density at radius 3 is 2.60 bits per heavy atom. The second kappa shape index (κ2) is 10.6. The highest BCUT2D eigenvalue weighted by Gasteiger charge is 2.40. The van der Waals surface area contributed by atoms with Gasteiger partial charge in [0.15, 0.2) is 0 Å². The van der Waals surface area contributed by atoms with Crippen molar-refractivity contribution in [3.63, 3.8) is 0 Å². The molecule has 2 bridgehead atoms. The van der Waals surface area contributed by atoms with E-state index < -0.39 is 11.1 Å². The van der Waals surface area contributed by atoms with Gasteiger partial charge in [-0.3, -0.25) is 9.11 Å². The third-order valence-corrected chi connectivity index (χ3v) is 7.49. The molecule has 0 aliphatic carbocycles. The molecule has 0 spiro atoms. The number of nitrogens with one attached hydrogen (secondary N) is 1. The van der Waals surface area contributed by atoms with Crippen molar-refractivity contribution in [1.29, 1.82) is 0 Å². The summed E-state index contributed by atoms with van der Waals surface area (Å²) < 4.78 is 34.6. The summed E-state index contributed by atoms with van der Waals surface area (Å²) >= 11 is 3.93. The van der Waals surface area contributed by atoms with E-state index in [1.54, 1.807) is 6.07 Å². The maximum absolute atomic E-state index is 11.2. The number of hydrogen-bond acceptors (Lipinski definition) is 8. The zero-order valence-corrected chi connectivity index (χ0v) is 20.8. The molecule has 5 rings (SSSR count). The Bertz CT molecular complexity index is 1200. The van der Waals surface area contributed by atoms with Crippen molar-refractivity contribution < 1.29 is 18.2 Å². The lowest BCUT2D eigenvalue weighted by Crippen LogP contribution is -2.58. The van der Waals surface area contributed by atoms with Crippen LogP contribution < -0.4 is 10.1 Å². The largest absolute Gasteiger partial charge is 0.768 e. The number of ether oxygens (including phenoxy) is 2. The fraction of sp³-hybridized carbons (Fsp3) is 0.360. The maximum atomic E-state index is 11.2. The van der Waals surface area contributed by atoms with Crippen molar-refractivity contribution in [2.75, 3.05) is 18.5 Å². The summed E-state index contributed by atoms with van der Waals surface area (Å²) in [7, 11) is 0. The third-order valence-electron chi connectivity index (χ3n) is 6.54. The minimum absolute atomic E-state index is 0.0253. The van der Waals surface area contributed by atoms with Gasteiger partial charge in [-0.2, -0.15) is 0 Å². The SMILES string of the molecule is Cc1c(Nc2ccc(S(=O)[O-])cc2Cl)ncnc1OC1CC2COCC(C1)N2Cc1ccccc1. The van der Waals surface area contributed by atoms with Gasteiger partial charge in [-0.1, -0.05) is 41.9 Å². The van der Waals surface area contributed by atoms with E-state index in [9.17, 15) is 8.76 Å². The fourth-order valence-electron chi connectivity index (χ4n) is 4.75. The molecule has 10 heteroatoms. The first-order valence-electron chi connectivity index (χ1n) is 11.5. The zero-order valence-electron chi connectivity index (χ0n) is 19.2. The Labute approximate surface area is 211 Å². The first-order valence-corrected chi connectivity index (χ1v) is 12.9. The molecule has 2 fully saturated rings. The summed E-state index contributed by atoms with van der Waals surface area (Å²) in [6, 6.07) is 15.6. The highest BCUT2D eigenvalue weighted by Crippen LogP contribution is 2.34. The molecular weight excluding hydrogens is 488 g/mol. The van der Waals surface area contributed by atoms with Gasteiger partial charge in [0.25, 0.3) is 0 Å². The molecule has 1 N–H and O–H groups in total. The molecule has 3 heterocycles. The number of rotatable bonds is 7. The van der Waals surface area contributed by atoms with E-state index >= 15 is 0 Å². The van der Waals surface area contributed by atoms with Crippen molar-refractivity contribution in [2.45, 2.75) is 49.4 Å². The predicted octanol–water partition coefficient (Wildman–Crippen LogP) is 4.23. The molecule has 8 nitrogen and oxygen atoms in total. The Balaban J connectivity index is 1.28. The average molecular weight is 514 g/mol. The number of hydrogen-bond donors (Lipinski definition) is 1. The smallest absolute Gasteiger partial charge is 0.221 e. The van der Waals surface area contributed by atoms with Crippen LogP contribution in [0.2, 0.25) is 5.02 Å². The van der Waals surface area contributed by atoms with Gasteiger partial charge in [0.1, 0.15) is 18.2 Å². The number of aromatic nitrogens is 2. The number of nitrogens with zero attached hydrogens (tertiary/aromatic N) is 3. The molecule has 35 heavy (non-hydrogen) atoms. The van der Waals surface area contributed by atoms with Crippen molar-refractivity contribution in [1.82, 2.24) is 14.9 Å². The Morgan fingerprint density at radius 1 is 1.17 bits per heavy atom. The van der Waals surface area contributed by atoms with Crippen LogP contribution in [0.15, 0.2) is 59.8 Å². The number of piperidine rings is 1. The van der Waals surface area contributed by atoms with E-state index in [-0.39, 0.29) is 28.1 Å². The van der Waals surface area contributed by atoms with Crippen LogP contribution >= 0.6 is 11.6 Å². The minimum Gasteiger partial charge on any atom is -0.768 e. The molecule has 2 aliphatic rings. The molecule has 1 aromatic heterocycles. The molecule has 2 saturated heterocycles.